The van der Waals surface area contributed by atoms with E-state index in [4.69, 9.17) is 0 Å². The zero-order valence-corrected chi connectivity index (χ0v) is 3.19. The fourth-order valence-corrected chi connectivity index (χ4v) is 0.235. The van der Waals surface area contributed by atoms with Gasteiger partial charge in [0.05, 0.1) is 6.61 Å². The van der Waals surface area contributed by atoms with Gasteiger partial charge in [-0.2, -0.15) is 4.94 Å². The van der Waals surface area contributed by atoms with Gasteiger partial charge in [0, 0.05) is 0 Å². The molecule has 1 aliphatic heterocycles. The van der Waals surface area contributed by atoms with Gasteiger partial charge in [0.15, 0.2) is 0 Å². The molecule has 2 nitrogen and oxygen atoms in total. The fourth-order valence-electron chi connectivity index (χ4n) is 0.235. The lowest BCUT2D eigenvalue weighted by Gasteiger charge is -1.78. The van der Waals surface area contributed by atoms with Crippen LogP contribution in [0.25, 0.3) is 0 Å². The molecule has 0 spiro atoms. The Balaban J connectivity index is 1.88. The van der Waals surface area contributed by atoms with Gasteiger partial charge in [-0.25, -0.2) is 0 Å². The molecule has 3 heteroatoms. The molecule has 6 heavy (non-hydrogen) atoms. The summed E-state index contributed by atoms with van der Waals surface area (Å²) >= 11 is 0. The van der Waals surface area contributed by atoms with Crippen LogP contribution in [0.15, 0.2) is 0 Å². The third-order valence-electron chi connectivity index (χ3n) is 0.651. The van der Waals surface area contributed by atoms with E-state index in [-0.39, 0.29) is 12.7 Å². The molecule has 0 amide bonds. The second kappa shape index (κ2) is 1.53. The van der Waals surface area contributed by atoms with Crippen LogP contribution in [0.2, 0.25) is 0 Å². The zero-order chi connectivity index (χ0) is 4.41. The highest BCUT2D eigenvalue weighted by Gasteiger charge is 2.22. The standard InChI is InChI=1S/C3H5FO2/c4-6-2-3-1-5-3/h3H,1-2H2. The molecule has 36 valence electrons. The average Bonchev–Trinajstić information content (AvgIpc) is 2.21. The van der Waals surface area contributed by atoms with E-state index in [0.29, 0.717) is 6.61 Å². The van der Waals surface area contributed by atoms with Crippen LogP contribution in [0.3, 0.4) is 0 Å². The Labute approximate surface area is 34.8 Å². The SMILES string of the molecule is FOCC1CO1. The van der Waals surface area contributed by atoms with Gasteiger partial charge in [-0.3, -0.25) is 0 Å². The zero-order valence-electron chi connectivity index (χ0n) is 3.19. The Hall–Kier alpha value is -0.150. The van der Waals surface area contributed by atoms with Gasteiger partial charge in [0.25, 0.3) is 0 Å². The summed E-state index contributed by atoms with van der Waals surface area (Å²) in [5.41, 5.74) is 0. The van der Waals surface area contributed by atoms with E-state index >= 15 is 0 Å². The first kappa shape index (κ1) is 4.02. The van der Waals surface area contributed by atoms with E-state index in [1.54, 1.807) is 0 Å². The highest BCUT2D eigenvalue weighted by Crippen LogP contribution is 2.07. The summed E-state index contributed by atoms with van der Waals surface area (Å²) in [7, 11) is 0. The van der Waals surface area contributed by atoms with Crippen molar-refractivity contribution in [3.05, 3.63) is 0 Å². The molecular formula is C3H5FO2. The van der Waals surface area contributed by atoms with Crippen molar-refractivity contribution >= 4 is 0 Å². The largest absolute Gasteiger partial charge is 0.370 e. The van der Waals surface area contributed by atoms with Crippen LogP contribution in [0.1, 0.15) is 0 Å². The Morgan fingerprint density at radius 2 is 2.67 bits per heavy atom. The summed E-state index contributed by atoms with van der Waals surface area (Å²) in [6.45, 7) is 0.754. The molecule has 1 unspecified atom stereocenters. The number of halogens is 1. The molecule has 0 aromatic rings. The van der Waals surface area contributed by atoms with Gasteiger partial charge in [0.1, 0.15) is 12.7 Å². The molecule has 1 heterocycles. The van der Waals surface area contributed by atoms with Crippen LogP contribution < -0.4 is 0 Å². The van der Waals surface area contributed by atoms with E-state index in [0.717, 1.165) is 0 Å². The lowest BCUT2D eigenvalue weighted by Crippen LogP contribution is -1.92. The average molecular weight is 92.1 g/mol. The summed E-state index contributed by atoms with van der Waals surface area (Å²) in [5, 5.41) is 0. The number of epoxide rings is 1. The fraction of sp³-hybridized carbons (Fsp3) is 1.00. The van der Waals surface area contributed by atoms with E-state index in [1.165, 1.54) is 0 Å². The number of hydrogen-bond acceptors (Lipinski definition) is 2. The van der Waals surface area contributed by atoms with Crippen molar-refractivity contribution in [3.8, 4) is 0 Å². The maximum absolute atomic E-state index is 10.7. The van der Waals surface area contributed by atoms with Crippen LogP contribution in [-0.4, -0.2) is 19.3 Å². The van der Waals surface area contributed by atoms with Crippen LogP contribution in [0, 0.1) is 0 Å². The highest BCUT2D eigenvalue weighted by molar-refractivity contribution is 4.65. The molecule has 0 aliphatic carbocycles. The molecule has 1 saturated heterocycles. The molecule has 1 atom stereocenters. The predicted octanol–water partition coefficient (Wildman–Crippen LogP) is 0.286. The lowest BCUT2D eigenvalue weighted by molar-refractivity contribution is -0.136. The van der Waals surface area contributed by atoms with Gasteiger partial charge in [-0.05, 0) is 4.53 Å². The van der Waals surface area contributed by atoms with Crippen molar-refractivity contribution < 1.29 is 14.2 Å². The molecule has 0 N–H and O–H groups in total. The van der Waals surface area contributed by atoms with Gasteiger partial charge < -0.3 is 4.74 Å². The van der Waals surface area contributed by atoms with E-state index in [1.807, 2.05) is 0 Å². The third-order valence-corrected chi connectivity index (χ3v) is 0.651. The maximum Gasteiger partial charge on any atom is 0.116 e. The van der Waals surface area contributed by atoms with Gasteiger partial charge in [0.2, 0.25) is 0 Å². The number of hydrogen-bond donors (Lipinski definition) is 0. The summed E-state index contributed by atoms with van der Waals surface area (Å²) in [5.74, 6) is 0. The van der Waals surface area contributed by atoms with Crippen LogP contribution in [0.4, 0.5) is 4.53 Å². The van der Waals surface area contributed by atoms with Crippen molar-refractivity contribution in [1.29, 1.82) is 0 Å². The van der Waals surface area contributed by atoms with E-state index in [2.05, 4.69) is 9.68 Å². The Morgan fingerprint density at radius 3 is 2.83 bits per heavy atom. The summed E-state index contributed by atoms with van der Waals surface area (Å²) in [6.07, 6.45) is 0.0509. The van der Waals surface area contributed by atoms with E-state index < -0.39 is 0 Å². The molecule has 1 fully saturated rings. The summed E-state index contributed by atoms with van der Waals surface area (Å²) < 4.78 is 15.3. The minimum atomic E-state index is 0.0509. The van der Waals surface area contributed by atoms with Crippen molar-refractivity contribution in [2.45, 2.75) is 6.10 Å². The minimum absolute atomic E-state index is 0.0509. The highest BCUT2D eigenvalue weighted by atomic mass is 19.3. The maximum atomic E-state index is 10.7. The molecule has 0 aromatic heterocycles. The minimum Gasteiger partial charge on any atom is -0.370 e. The van der Waals surface area contributed by atoms with Crippen LogP contribution in [-0.2, 0) is 9.68 Å². The van der Waals surface area contributed by atoms with Gasteiger partial charge in [-0.1, -0.05) is 0 Å². The van der Waals surface area contributed by atoms with Crippen LogP contribution in [0.5, 0.6) is 0 Å². The van der Waals surface area contributed by atoms with Crippen molar-refractivity contribution in [2.24, 2.45) is 0 Å². The number of rotatable bonds is 2. The monoisotopic (exact) mass is 92.0 g/mol. The normalized spacial score (nSPS) is 30.5. The van der Waals surface area contributed by atoms with Gasteiger partial charge in [-0.15, -0.1) is 0 Å². The summed E-state index contributed by atoms with van der Waals surface area (Å²) in [4.78, 5) is 3.24. The number of ether oxygens (including phenoxy) is 1. The third kappa shape index (κ3) is 0.914. The second-order valence-electron chi connectivity index (χ2n) is 1.23. The van der Waals surface area contributed by atoms with Crippen molar-refractivity contribution in [2.75, 3.05) is 13.2 Å². The predicted molar refractivity (Wildman–Crippen MR) is 16.8 cm³/mol. The molecule has 1 rings (SSSR count). The lowest BCUT2D eigenvalue weighted by atomic mass is 10.5. The van der Waals surface area contributed by atoms with Crippen molar-refractivity contribution in [3.63, 3.8) is 0 Å². The molecule has 1 aliphatic rings. The Bertz CT molecular complexity index is 44.1. The topological polar surface area (TPSA) is 21.8 Å². The summed E-state index contributed by atoms with van der Waals surface area (Å²) in [6, 6.07) is 0. The Morgan fingerprint density at radius 1 is 2.00 bits per heavy atom. The molecular weight excluding hydrogens is 87.0 g/mol. The molecule has 0 aromatic carbocycles. The van der Waals surface area contributed by atoms with Crippen LogP contribution >= 0.6 is 0 Å². The quantitative estimate of drug-likeness (QED) is 0.456. The molecule has 0 radical (unpaired) electrons. The van der Waals surface area contributed by atoms with Crippen molar-refractivity contribution in [1.82, 2.24) is 0 Å². The van der Waals surface area contributed by atoms with Gasteiger partial charge >= 0.3 is 0 Å². The first-order valence-corrected chi connectivity index (χ1v) is 1.78. The first-order chi connectivity index (χ1) is 2.93. The smallest absolute Gasteiger partial charge is 0.116 e. The van der Waals surface area contributed by atoms with E-state index in [9.17, 15) is 4.53 Å². The second-order valence-corrected chi connectivity index (χ2v) is 1.23. The Kier molecular flexibility index (Phi) is 1.03. The first-order valence-electron chi connectivity index (χ1n) is 1.78. The molecule has 0 bridgehead atoms. The molecule has 0 saturated carbocycles.